The van der Waals surface area contributed by atoms with Crippen molar-refractivity contribution >= 4 is 29.6 Å². The zero-order valence-corrected chi connectivity index (χ0v) is 21.9. The second-order valence-corrected chi connectivity index (χ2v) is 9.74. The fourth-order valence-electron chi connectivity index (χ4n) is 3.40. The Hall–Kier alpha value is -3.67. The highest BCUT2D eigenvalue weighted by atomic mass is 16.4. The van der Waals surface area contributed by atoms with Gasteiger partial charge in [0, 0.05) is 0 Å². The summed E-state index contributed by atoms with van der Waals surface area (Å²) < 4.78 is 0. The largest absolute Gasteiger partial charge is 0.508 e. The van der Waals surface area contributed by atoms with Crippen molar-refractivity contribution < 1.29 is 34.2 Å². The molecule has 12 heteroatoms. The number of nitrogens with one attached hydrogen (secondary N) is 4. The number of rotatable bonds is 14. The maximum atomic E-state index is 12.7. The fraction of sp³-hybridized carbons (Fsp3) is 0.560. The molecule has 0 aliphatic carbocycles. The molecule has 1 rings (SSSR count). The summed E-state index contributed by atoms with van der Waals surface area (Å²) in [6.45, 7) is 7.97. The normalized spacial score (nSPS) is 14.3. The molecule has 37 heavy (non-hydrogen) atoms. The molecule has 0 radical (unpaired) electrons. The van der Waals surface area contributed by atoms with E-state index in [9.17, 15) is 34.2 Å². The van der Waals surface area contributed by atoms with E-state index >= 15 is 0 Å². The first-order valence-corrected chi connectivity index (χ1v) is 12.1. The van der Waals surface area contributed by atoms with Gasteiger partial charge in [0.1, 0.15) is 23.9 Å². The predicted molar refractivity (Wildman–Crippen MR) is 136 cm³/mol. The number of carboxylic acids is 1. The molecule has 4 atom stereocenters. The Labute approximate surface area is 216 Å². The molecule has 206 valence electrons. The first kappa shape index (κ1) is 31.4. The molecule has 0 saturated heterocycles. The number of benzene rings is 1. The number of hydrogen-bond acceptors (Lipinski definition) is 7. The third kappa shape index (κ3) is 11.3. The van der Waals surface area contributed by atoms with Gasteiger partial charge in [-0.2, -0.15) is 0 Å². The summed E-state index contributed by atoms with van der Waals surface area (Å²) in [6.07, 6.45) is 0.500. The number of hydrogen-bond donors (Lipinski definition) is 7. The molecule has 0 aliphatic rings. The second kappa shape index (κ2) is 14.8. The lowest BCUT2D eigenvalue weighted by Gasteiger charge is -2.23. The first-order chi connectivity index (χ1) is 17.2. The Morgan fingerprint density at radius 1 is 0.865 bits per heavy atom. The minimum absolute atomic E-state index is 0.0463. The summed E-state index contributed by atoms with van der Waals surface area (Å²) in [5.74, 6) is -3.86. The molecule has 0 unspecified atom stereocenters. The van der Waals surface area contributed by atoms with Crippen molar-refractivity contribution in [3.63, 3.8) is 0 Å². The van der Waals surface area contributed by atoms with Crippen LogP contribution in [-0.4, -0.2) is 70.5 Å². The van der Waals surface area contributed by atoms with E-state index in [1.165, 1.54) is 19.1 Å². The summed E-state index contributed by atoms with van der Waals surface area (Å²) >= 11 is 0. The van der Waals surface area contributed by atoms with Gasteiger partial charge in [-0.05, 0) is 49.3 Å². The number of carbonyl (C=O) groups excluding carboxylic acids is 4. The van der Waals surface area contributed by atoms with Crippen molar-refractivity contribution in [3.8, 4) is 5.75 Å². The SMILES string of the molecule is CC(C)C[C@H](NC(=O)[C@@H](N)Cc1ccc(O)cc1)C(=O)NCC(=O)N[C@@H](C)C(=O)N[C@H](C(=O)O)C(C)C. The van der Waals surface area contributed by atoms with Crippen molar-refractivity contribution in [2.24, 2.45) is 17.6 Å². The third-order valence-electron chi connectivity index (χ3n) is 5.49. The lowest BCUT2D eigenvalue weighted by atomic mass is 10.0. The van der Waals surface area contributed by atoms with Gasteiger partial charge < -0.3 is 37.2 Å². The van der Waals surface area contributed by atoms with E-state index in [0.717, 1.165) is 5.56 Å². The number of phenolic OH excluding ortho intramolecular Hbond substituents is 1. The molecule has 12 nitrogen and oxygen atoms in total. The molecule has 0 aromatic heterocycles. The van der Waals surface area contributed by atoms with E-state index in [4.69, 9.17) is 5.73 Å². The Kier molecular flexibility index (Phi) is 12.5. The molecule has 0 heterocycles. The van der Waals surface area contributed by atoms with Crippen molar-refractivity contribution in [1.82, 2.24) is 21.3 Å². The van der Waals surface area contributed by atoms with E-state index in [1.54, 1.807) is 26.0 Å². The Morgan fingerprint density at radius 3 is 1.97 bits per heavy atom. The van der Waals surface area contributed by atoms with Gasteiger partial charge in [-0.1, -0.05) is 39.8 Å². The highest BCUT2D eigenvalue weighted by Gasteiger charge is 2.28. The third-order valence-corrected chi connectivity index (χ3v) is 5.49. The van der Waals surface area contributed by atoms with Gasteiger partial charge in [-0.3, -0.25) is 19.2 Å². The monoisotopic (exact) mass is 521 g/mol. The number of carbonyl (C=O) groups is 5. The summed E-state index contributed by atoms with van der Waals surface area (Å²) in [5.41, 5.74) is 6.74. The van der Waals surface area contributed by atoms with Gasteiger partial charge in [0.25, 0.3) is 0 Å². The van der Waals surface area contributed by atoms with Crippen LogP contribution >= 0.6 is 0 Å². The lowest BCUT2D eigenvalue weighted by Crippen LogP contribution is -2.55. The molecular weight excluding hydrogens is 482 g/mol. The van der Waals surface area contributed by atoms with E-state index in [0.29, 0.717) is 6.42 Å². The highest BCUT2D eigenvalue weighted by Crippen LogP contribution is 2.11. The lowest BCUT2D eigenvalue weighted by molar-refractivity contribution is -0.143. The summed E-state index contributed by atoms with van der Waals surface area (Å²) in [6, 6.07) is 2.25. The minimum atomic E-state index is -1.19. The molecule has 8 N–H and O–H groups in total. The summed E-state index contributed by atoms with van der Waals surface area (Å²) in [7, 11) is 0. The fourth-order valence-corrected chi connectivity index (χ4v) is 3.40. The van der Waals surface area contributed by atoms with E-state index in [-0.39, 0.29) is 24.0 Å². The highest BCUT2D eigenvalue weighted by molar-refractivity contribution is 5.93. The van der Waals surface area contributed by atoms with Crippen LogP contribution in [0.15, 0.2) is 24.3 Å². The van der Waals surface area contributed by atoms with Gasteiger partial charge in [0.05, 0.1) is 12.6 Å². The Bertz CT molecular complexity index is 949. The van der Waals surface area contributed by atoms with Crippen molar-refractivity contribution in [2.75, 3.05) is 6.54 Å². The van der Waals surface area contributed by atoms with Crippen LogP contribution in [0.4, 0.5) is 0 Å². The summed E-state index contributed by atoms with van der Waals surface area (Å²) in [4.78, 5) is 61.1. The van der Waals surface area contributed by atoms with Crippen LogP contribution in [0.3, 0.4) is 0 Å². The Balaban J connectivity index is 2.65. The van der Waals surface area contributed by atoms with Crippen LogP contribution in [-0.2, 0) is 30.4 Å². The zero-order chi connectivity index (χ0) is 28.3. The van der Waals surface area contributed by atoms with Crippen LogP contribution in [0.1, 0.15) is 46.6 Å². The average Bonchev–Trinajstić information content (AvgIpc) is 2.80. The molecular formula is C25H39N5O7. The van der Waals surface area contributed by atoms with E-state index in [2.05, 4.69) is 21.3 Å². The quantitative estimate of drug-likeness (QED) is 0.172. The average molecular weight is 522 g/mol. The second-order valence-electron chi connectivity index (χ2n) is 9.74. The van der Waals surface area contributed by atoms with Crippen LogP contribution in [0.25, 0.3) is 0 Å². The van der Waals surface area contributed by atoms with Gasteiger partial charge in [-0.25, -0.2) is 4.79 Å². The topological polar surface area (TPSA) is 200 Å². The van der Waals surface area contributed by atoms with Crippen LogP contribution in [0.2, 0.25) is 0 Å². The smallest absolute Gasteiger partial charge is 0.326 e. The number of aliphatic carboxylic acids is 1. The molecule has 1 aromatic carbocycles. The minimum Gasteiger partial charge on any atom is -0.508 e. The number of amides is 4. The molecule has 0 aliphatic heterocycles. The van der Waals surface area contributed by atoms with Gasteiger partial charge in [0.2, 0.25) is 23.6 Å². The van der Waals surface area contributed by atoms with Crippen molar-refractivity contribution in [3.05, 3.63) is 29.8 Å². The molecule has 4 amide bonds. The first-order valence-electron chi connectivity index (χ1n) is 12.1. The number of aromatic hydroxyl groups is 1. The number of nitrogens with two attached hydrogens (primary N) is 1. The van der Waals surface area contributed by atoms with Crippen LogP contribution < -0.4 is 27.0 Å². The molecule has 1 aromatic rings. The molecule has 0 spiro atoms. The standard InChI is InChI=1S/C25H39N5O7/c1-13(2)10-19(29-23(34)18(26)11-16-6-8-17(31)9-7-16)24(35)27-12-20(32)28-15(5)22(33)30-21(14(3)4)25(36)37/h6-9,13-15,18-19,21,31H,10-12,26H2,1-5H3,(H,27,35)(H,28,32)(H,29,34)(H,30,33)(H,36,37)/t15-,18-,19-,21-/m0/s1. The van der Waals surface area contributed by atoms with E-state index in [1.807, 2.05) is 13.8 Å². The van der Waals surface area contributed by atoms with Gasteiger partial charge in [-0.15, -0.1) is 0 Å². The number of phenols is 1. The van der Waals surface area contributed by atoms with Crippen LogP contribution in [0.5, 0.6) is 5.75 Å². The van der Waals surface area contributed by atoms with Crippen molar-refractivity contribution in [2.45, 2.75) is 71.6 Å². The predicted octanol–water partition coefficient (Wildman–Crippen LogP) is -0.361. The van der Waals surface area contributed by atoms with Gasteiger partial charge >= 0.3 is 5.97 Å². The Morgan fingerprint density at radius 2 is 1.46 bits per heavy atom. The molecule has 0 fully saturated rings. The van der Waals surface area contributed by atoms with E-state index < -0.39 is 60.3 Å². The van der Waals surface area contributed by atoms with Crippen molar-refractivity contribution in [1.29, 1.82) is 0 Å². The molecule has 0 saturated carbocycles. The number of carboxylic acid groups (broad SMARTS) is 1. The maximum absolute atomic E-state index is 12.7. The van der Waals surface area contributed by atoms with Crippen LogP contribution in [0, 0.1) is 11.8 Å². The maximum Gasteiger partial charge on any atom is 0.326 e. The summed E-state index contributed by atoms with van der Waals surface area (Å²) in [5, 5.41) is 28.4. The molecule has 0 bridgehead atoms. The van der Waals surface area contributed by atoms with Gasteiger partial charge in [0.15, 0.2) is 0 Å². The zero-order valence-electron chi connectivity index (χ0n) is 21.9.